The van der Waals surface area contributed by atoms with E-state index in [0.717, 1.165) is 60.7 Å². The van der Waals surface area contributed by atoms with Crippen molar-refractivity contribution < 1.29 is 9.47 Å². The number of nitrogens with zero attached hydrogens (tertiary/aromatic N) is 5. The minimum Gasteiger partial charge on any atom is -0.497 e. The number of aromatic nitrogens is 3. The Bertz CT molecular complexity index is 1360. The molecule has 4 aromatic rings. The highest BCUT2D eigenvalue weighted by atomic mass is 35.5. The molecule has 5 rings (SSSR count). The smallest absolute Gasteiger partial charge is 0.229 e. The fourth-order valence-corrected chi connectivity index (χ4v) is 4.71. The molecule has 0 amide bonds. The molecule has 1 aliphatic rings. The number of pyridine rings is 1. The van der Waals surface area contributed by atoms with Gasteiger partial charge in [0.25, 0.3) is 0 Å². The number of nitrogens with one attached hydrogen (secondary N) is 1. The van der Waals surface area contributed by atoms with Crippen molar-refractivity contribution in [3.8, 4) is 11.5 Å². The van der Waals surface area contributed by atoms with Crippen LogP contribution in [-0.2, 0) is 0 Å². The number of aryl methyl sites for hydroxylation is 1. The predicted molar refractivity (Wildman–Crippen MR) is 145 cm³/mol. The van der Waals surface area contributed by atoms with Gasteiger partial charge < -0.3 is 24.6 Å². The van der Waals surface area contributed by atoms with Gasteiger partial charge in [0.15, 0.2) is 0 Å². The standard InChI is InChI=1S/C27H29ClN6O2/c1-18-13-26(32-27(30-18)31-20-15-21(35-2)17-22(16-20)36-3)34-10-4-9-33(11-12-34)25-7-8-29-24-14-19(28)5-6-23(24)25/h5-8,13-17H,4,9-12H2,1-3H3,(H,30,31,32). The molecule has 3 heterocycles. The van der Waals surface area contributed by atoms with Crippen LogP contribution in [0, 0.1) is 6.92 Å². The van der Waals surface area contributed by atoms with Crippen LogP contribution in [0.4, 0.5) is 23.1 Å². The van der Waals surface area contributed by atoms with Crippen LogP contribution in [-0.4, -0.2) is 55.4 Å². The van der Waals surface area contributed by atoms with Gasteiger partial charge in [0.05, 0.1) is 19.7 Å². The quantitative estimate of drug-likeness (QED) is 0.371. The van der Waals surface area contributed by atoms with Crippen molar-refractivity contribution in [2.24, 2.45) is 0 Å². The van der Waals surface area contributed by atoms with E-state index in [9.17, 15) is 0 Å². The highest BCUT2D eigenvalue weighted by Gasteiger charge is 2.19. The van der Waals surface area contributed by atoms with Crippen LogP contribution in [0.3, 0.4) is 0 Å². The Morgan fingerprint density at radius 3 is 2.39 bits per heavy atom. The minimum atomic E-state index is 0.540. The average Bonchev–Trinajstić information content (AvgIpc) is 3.14. The Hall–Kier alpha value is -3.78. The van der Waals surface area contributed by atoms with Crippen LogP contribution in [0.5, 0.6) is 11.5 Å². The summed E-state index contributed by atoms with van der Waals surface area (Å²) >= 11 is 6.19. The number of fused-ring (bicyclic) bond motifs is 1. The van der Waals surface area contributed by atoms with E-state index < -0.39 is 0 Å². The molecule has 36 heavy (non-hydrogen) atoms. The largest absolute Gasteiger partial charge is 0.497 e. The zero-order valence-electron chi connectivity index (χ0n) is 20.7. The lowest BCUT2D eigenvalue weighted by atomic mass is 10.1. The summed E-state index contributed by atoms with van der Waals surface area (Å²) in [4.78, 5) is 18.7. The summed E-state index contributed by atoms with van der Waals surface area (Å²) in [6.07, 6.45) is 2.87. The van der Waals surface area contributed by atoms with E-state index in [4.69, 9.17) is 26.1 Å². The van der Waals surface area contributed by atoms with Crippen LogP contribution < -0.4 is 24.6 Å². The molecule has 0 atom stereocenters. The summed E-state index contributed by atoms with van der Waals surface area (Å²) in [6.45, 7) is 5.58. The van der Waals surface area contributed by atoms with E-state index in [0.29, 0.717) is 22.5 Å². The van der Waals surface area contributed by atoms with E-state index in [2.05, 4.69) is 37.2 Å². The Kier molecular flexibility index (Phi) is 6.95. The van der Waals surface area contributed by atoms with Crippen molar-refractivity contribution >= 4 is 45.6 Å². The summed E-state index contributed by atoms with van der Waals surface area (Å²) in [5.41, 5.74) is 3.80. The highest BCUT2D eigenvalue weighted by Crippen LogP contribution is 2.30. The SMILES string of the molecule is COc1cc(Nc2nc(C)cc(N3CCCN(c4ccnc5cc(Cl)ccc45)CC3)n2)cc(OC)c1. The number of hydrogen-bond acceptors (Lipinski definition) is 8. The molecule has 2 aromatic heterocycles. The van der Waals surface area contributed by atoms with Gasteiger partial charge in [0.2, 0.25) is 5.95 Å². The fraction of sp³-hybridized carbons (Fsp3) is 0.296. The number of ether oxygens (including phenoxy) is 2. The summed E-state index contributed by atoms with van der Waals surface area (Å²) in [5.74, 6) is 2.85. The Morgan fingerprint density at radius 2 is 1.61 bits per heavy atom. The van der Waals surface area contributed by atoms with Crippen molar-refractivity contribution in [2.45, 2.75) is 13.3 Å². The van der Waals surface area contributed by atoms with E-state index in [1.165, 1.54) is 5.69 Å². The number of rotatable bonds is 6. The van der Waals surface area contributed by atoms with E-state index in [1.807, 2.05) is 49.5 Å². The van der Waals surface area contributed by atoms with Gasteiger partial charge in [-0.2, -0.15) is 4.98 Å². The molecule has 1 saturated heterocycles. The van der Waals surface area contributed by atoms with Crippen molar-refractivity contribution in [3.05, 3.63) is 65.4 Å². The second-order valence-electron chi connectivity index (χ2n) is 8.74. The van der Waals surface area contributed by atoms with Gasteiger partial charge in [-0.25, -0.2) is 4.98 Å². The molecule has 0 spiro atoms. The summed E-state index contributed by atoms with van der Waals surface area (Å²) in [6, 6.07) is 15.6. The van der Waals surface area contributed by atoms with Crippen molar-refractivity contribution in [1.29, 1.82) is 0 Å². The second-order valence-corrected chi connectivity index (χ2v) is 9.17. The first-order valence-corrected chi connectivity index (χ1v) is 12.3. The van der Waals surface area contributed by atoms with E-state index in [1.54, 1.807) is 14.2 Å². The zero-order chi connectivity index (χ0) is 25.1. The lowest BCUT2D eigenvalue weighted by Gasteiger charge is -2.25. The van der Waals surface area contributed by atoms with Gasteiger partial charge in [-0.05, 0) is 37.6 Å². The maximum absolute atomic E-state index is 6.19. The first-order valence-electron chi connectivity index (χ1n) is 11.9. The molecule has 9 heteroatoms. The van der Waals surface area contributed by atoms with Crippen molar-refractivity contribution in [1.82, 2.24) is 15.0 Å². The fourth-order valence-electron chi connectivity index (χ4n) is 4.55. The summed E-state index contributed by atoms with van der Waals surface area (Å²) in [5, 5.41) is 5.13. The molecule has 1 fully saturated rings. The van der Waals surface area contributed by atoms with Crippen molar-refractivity contribution in [3.63, 3.8) is 0 Å². The molecule has 1 N–H and O–H groups in total. The van der Waals surface area contributed by atoms with E-state index >= 15 is 0 Å². The van der Waals surface area contributed by atoms with Crippen LogP contribution in [0.2, 0.25) is 5.02 Å². The minimum absolute atomic E-state index is 0.540. The first kappa shape index (κ1) is 23.9. The third kappa shape index (κ3) is 5.23. The normalized spacial score (nSPS) is 14.0. The molecule has 186 valence electrons. The Morgan fingerprint density at radius 1 is 0.861 bits per heavy atom. The summed E-state index contributed by atoms with van der Waals surface area (Å²) in [7, 11) is 3.26. The van der Waals surface area contributed by atoms with Gasteiger partial charge in [-0.1, -0.05) is 11.6 Å². The second kappa shape index (κ2) is 10.5. The highest BCUT2D eigenvalue weighted by molar-refractivity contribution is 6.31. The first-order chi connectivity index (χ1) is 17.5. The molecule has 8 nitrogen and oxygen atoms in total. The van der Waals surface area contributed by atoms with Gasteiger partial charge in [0, 0.05) is 84.1 Å². The van der Waals surface area contributed by atoms with Crippen LogP contribution in [0.15, 0.2) is 54.7 Å². The molecule has 0 unspecified atom stereocenters. The number of methoxy groups -OCH3 is 2. The monoisotopic (exact) mass is 504 g/mol. The molecular weight excluding hydrogens is 476 g/mol. The van der Waals surface area contributed by atoms with Crippen molar-refractivity contribution in [2.75, 3.05) is 55.5 Å². The van der Waals surface area contributed by atoms with Gasteiger partial charge in [-0.3, -0.25) is 4.98 Å². The number of benzene rings is 2. The number of hydrogen-bond donors (Lipinski definition) is 1. The zero-order valence-corrected chi connectivity index (χ0v) is 21.4. The molecule has 0 saturated carbocycles. The van der Waals surface area contributed by atoms with Gasteiger partial charge in [-0.15, -0.1) is 0 Å². The average molecular weight is 505 g/mol. The third-order valence-electron chi connectivity index (χ3n) is 6.29. The molecule has 0 bridgehead atoms. The molecule has 1 aliphatic heterocycles. The Balaban J connectivity index is 1.35. The van der Waals surface area contributed by atoms with Crippen LogP contribution in [0.1, 0.15) is 12.1 Å². The molecule has 0 radical (unpaired) electrons. The lowest BCUT2D eigenvalue weighted by Crippen LogP contribution is -2.31. The van der Waals surface area contributed by atoms with E-state index in [-0.39, 0.29) is 0 Å². The van der Waals surface area contributed by atoms with Crippen LogP contribution >= 0.6 is 11.6 Å². The lowest BCUT2D eigenvalue weighted by molar-refractivity contribution is 0.395. The van der Waals surface area contributed by atoms with Crippen LogP contribution in [0.25, 0.3) is 10.9 Å². The Labute approximate surface area is 215 Å². The van der Waals surface area contributed by atoms with Gasteiger partial charge in [0.1, 0.15) is 17.3 Å². The number of anilines is 4. The maximum atomic E-state index is 6.19. The topological polar surface area (TPSA) is 75.6 Å². The molecule has 2 aromatic carbocycles. The molecular formula is C27H29ClN6O2. The number of halogens is 1. The maximum Gasteiger partial charge on any atom is 0.229 e. The third-order valence-corrected chi connectivity index (χ3v) is 6.53. The predicted octanol–water partition coefficient (Wildman–Crippen LogP) is 5.46. The van der Waals surface area contributed by atoms with Gasteiger partial charge >= 0.3 is 0 Å². The molecule has 0 aliphatic carbocycles. The summed E-state index contributed by atoms with van der Waals surface area (Å²) < 4.78 is 10.8.